The largest absolute Gasteiger partial charge is 0.473 e. The van der Waals surface area contributed by atoms with E-state index in [4.69, 9.17) is 14.2 Å². The van der Waals surface area contributed by atoms with Crippen molar-refractivity contribution in [1.29, 1.82) is 0 Å². The number of carbonyl (C=O) groups excluding carboxylic acids is 1. The molecule has 2 aromatic rings. The molecule has 0 aromatic carbocycles. The molecule has 0 radical (unpaired) electrons. The highest BCUT2D eigenvalue weighted by molar-refractivity contribution is 6.76. The zero-order valence-corrected chi connectivity index (χ0v) is 19.1. The fraction of sp³-hybridized carbons (Fsp3) is 0.650. The number of aromatic nitrogens is 3. The quantitative estimate of drug-likeness (QED) is 0.369. The summed E-state index contributed by atoms with van der Waals surface area (Å²) in [4.78, 5) is 23.6. The van der Waals surface area contributed by atoms with Crippen molar-refractivity contribution in [2.75, 3.05) is 33.9 Å². The summed E-state index contributed by atoms with van der Waals surface area (Å²) in [5.41, 5.74) is 1.45. The minimum atomic E-state index is -1.16. The summed E-state index contributed by atoms with van der Waals surface area (Å²) in [6.45, 7) is 9.95. The number of methoxy groups -OCH3 is 1. The van der Waals surface area contributed by atoms with Crippen LogP contribution in [0.15, 0.2) is 12.4 Å². The highest BCUT2D eigenvalue weighted by atomic mass is 28.3. The number of likely N-dealkylation sites (tertiary alicyclic amines) is 1. The van der Waals surface area contributed by atoms with Crippen LogP contribution in [0.3, 0.4) is 0 Å². The Hall–Kier alpha value is -1.97. The summed E-state index contributed by atoms with van der Waals surface area (Å²) in [5, 5.41) is 0. The zero-order chi connectivity index (χ0) is 21.0. The number of hydrogen-bond acceptors (Lipinski definition) is 7. The molecule has 0 aliphatic carbocycles. The van der Waals surface area contributed by atoms with Gasteiger partial charge in [-0.25, -0.2) is 14.8 Å². The van der Waals surface area contributed by atoms with Crippen LogP contribution in [0, 0.1) is 0 Å². The maximum Gasteiger partial charge on any atom is 0.341 e. The van der Waals surface area contributed by atoms with E-state index in [1.807, 2.05) is 0 Å². The predicted molar refractivity (Wildman–Crippen MR) is 114 cm³/mol. The molecule has 1 aliphatic heterocycles. The van der Waals surface area contributed by atoms with Gasteiger partial charge in [0.25, 0.3) is 0 Å². The van der Waals surface area contributed by atoms with Crippen LogP contribution in [0.5, 0.6) is 5.88 Å². The first-order valence-electron chi connectivity index (χ1n) is 10.1. The standard InChI is InChI=1S/C20H32N4O4Si/c1-23-8-6-15(7-9-23)28-17-12-21-19-18(22-17)16(20(25)26-2)13-24(19)14-27-10-11-29(3,4)5/h12-13,15H,6-11,14H2,1-5H3. The van der Waals surface area contributed by atoms with Gasteiger partial charge in [-0.1, -0.05) is 19.6 Å². The molecule has 8 nitrogen and oxygen atoms in total. The molecular weight excluding hydrogens is 388 g/mol. The lowest BCUT2D eigenvalue weighted by Crippen LogP contribution is -2.35. The summed E-state index contributed by atoms with van der Waals surface area (Å²) in [6, 6.07) is 1.08. The van der Waals surface area contributed by atoms with Crippen molar-refractivity contribution < 1.29 is 19.0 Å². The van der Waals surface area contributed by atoms with Crippen molar-refractivity contribution >= 4 is 25.2 Å². The summed E-state index contributed by atoms with van der Waals surface area (Å²) in [5.74, 6) is -0.00352. The lowest BCUT2D eigenvalue weighted by Gasteiger charge is -2.28. The van der Waals surface area contributed by atoms with E-state index in [2.05, 4.69) is 41.6 Å². The second-order valence-electron chi connectivity index (χ2n) is 8.85. The van der Waals surface area contributed by atoms with Crippen molar-refractivity contribution in [3.8, 4) is 5.88 Å². The molecule has 0 spiro atoms. The summed E-state index contributed by atoms with van der Waals surface area (Å²) in [6.07, 6.45) is 5.34. The molecule has 3 rings (SSSR count). The molecule has 3 heterocycles. The Balaban J connectivity index is 1.77. The van der Waals surface area contributed by atoms with Crippen LogP contribution < -0.4 is 4.74 Å². The first-order valence-corrected chi connectivity index (χ1v) is 13.8. The van der Waals surface area contributed by atoms with Gasteiger partial charge >= 0.3 is 5.97 Å². The van der Waals surface area contributed by atoms with Gasteiger partial charge in [0.2, 0.25) is 5.88 Å². The van der Waals surface area contributed by atoms with Crippen molar-refractivity contribution in [2.45, 2.75) is 51.4 Å². The molecule has 0 atom stereocenters. The molecule has 0 amide bonds. The number of fused-ring (bicyclic) bond motifs is 1. The van der Waals surface area contributed by atoms with Gasteiger partial charge in [-0.2, -0.15) is 0 Å². The zero-order valence-electron chi connectivity index (χ0n) is 18.1. The van der Waals surface area contributed by atoms with Gasteiger partial charge in [-0.3, -0.25) is 0 Å². The molecule has 0 unspecified atom stereocenters. The smallest absolute Gasteiger partial charge is 0.341 e. The van der Waals surface area contributed by atoms with E-state index in [1.165, 1.54) is 7.11 Å². The molecule has 2 aromatic heterocycles. The third-order valence-corrected chi connectivity index (χ3v) is 6.83. The van der Waals surface area contributed by atoms with E-state index in [1.54, 1.807) is 17.0 Å². The number of piperidine rings is 1. The molecule has 1 aliphatic rings. The van der Waals surface area contributed by atoms with Crippen molar-refractivity contribution in [3.63, 3.8) is 0 Å². The van der Waals surface area contributed by atoms with Crippen LogP contribution in [0.2, 0.25) is 25.7 Å². The summed E-state index contributed by atoms with van der Waals surface area (Å²) >= 11 is 0. The van der Waals surface area contributed by atoms with Gasteiger partial charge in [0.1, 0.15) is 23.9 Å². The van der Waals surface area contributed by atoms with Crippen LogP contribution in [0.1, 0.15) is 23.2 Å². The molecule has 29 heavy (non-hydrogen) atoms. The molecule has 1 saturated heterocycles. The Morgan fingerprint density at radius 2 is 2.00 bits per heavy atom. The number of ether oxygens (including phenoxy) is 3. The lowest BCUT2D eigenvalue weighted by molar-refractivity contribution is 0.0600. The third kappa shape index (κ3) is 5.77. The highest BCUT2D eigenvalue weighted by Crippen LogP contribution is 2.23. The molecule has 9 heteroatoms. The topological polar surface area (TPSA) is 78.7 Å². The summed E-state index contributed by atoms with van der Waals surface area (Å²) in [7, 11) is 2.32. The monoisotopic (exact) mass is 420 g/mol. The van der Waals surface area contributed by atoms with E-state index in [-0.39, 0.29) is 6.10 Å². The Morgan fingerprint density at radius 1 is 1.28 bits per heavy atom. The Morgan fingerprint density at radius 3 is 2.66 bits per heavy atom. The first-order chi connectivity index (χ1) is 13.8. The molecule has 1 fully saturated rings. The number of esters is 1. The average Bonchev–Trinajstić information content (AvgIpc) is 3.04. The fourth-order valence-corrected chi connectivity index (χ4v) is 4.02. The molecule has 0 bridgehead atoms. The minimum Gasteiger partial charge on any atom is -0.473 e. The summed E-state index contributed by atoms with van der Waals surface area (Å²) < 4.78 is 18.6. The molecule has 160 valence electrons. The average molecular weight is 421 g/mol. The van der Waals surface area contributed by atoms with E-state index < -0.39 is 14.0 Å². The van der Waals surface area contributed by atoms with Crippen LogP contribution in [0.4, 0.5) is 0 Å². The van der Waals surface area contributed by atoms with Gasteiger partial charge < -0.3 is 23.7 Å². The van der Waals surface area contributed by atoms with Gasteiger partial charge in [0.15, 0.2) is 5.65 Å². The van der Waals surface area contributed by atoms with Gasteiger partial charge in [-0.05, 0) is 25.9 Å². The Labute approximate surface area is 173 Å². The predicted octanol–water partition coefficient (Wildman–Crippen LogP) is 3.00. The fourth-order valence-electron chi connectivity index (χ4n) is 3.26. The number of hydrogen-bond donors (Lipinski definition) is 0. The van der Waals surface area contributed by atoms with E-state index in [9.17, 15) is 4.79 Å². The van der Waals surface area contributed by atoms with Crippen LogP contribution in [-0.2, 0) is 16.2 Å². The Bertz CT molecular complexity index is 841. The molecular formula is C20H32N4O4Si. The molecule has 0 N–H and O–H groups in total. The maximum atomic E-state index is 12.3. The van der Waals surface area contributed by atoms with Gasteiger partial charge in [0, 0.05) is 34.0 Å². The second-order valence-corrected chi connectivity index (χ2v) is 14.5. The van der Waals surface area contributed by atoms with Crippen molar-refractivity contribution in [3.05, 3.63) is 18.0 Å². The van der Waals surface area contributed by atoms with Crippen LogP contribution >= 0.6 is 0 Å². The third-order valence-electron chi connectivity index (χ3n) is 5.13. The van der Waals surface area contributed by atoms with Crippen LogP contribution in [0.25, 0.3) is 11.2 Å². The highest BCUT2D eigenvalue weighted by Gasteiger charge is 2.22. The van der Waals surface area contributed by atoms with E-state index in [0.29, 0.717) is 35.9 Å². The van der Waals surface area contributed by atoms with E-state index in [0.717, 1.165) is 32.0 Å². The van der Waals surface area contributed by atoms with Crippen molar-refractivity contribution in [2.24, 2.45) is 0 Å². The maximum absolute atomic E-state index is 12.3. The molecule has 0 saturated carbocycles. The normalized spacial score (nSPS) is 16.3. The van der Waals surface area contributed by atoms with Crippen molar-refractivity contribution in [1.82, 2.24) is 19.4 Å². The van der Waals surface area contributed by atoms with E-state index >= 15 is 0 Å². The number of nitrogens with zero attached hydrogens (tertiary/aromatic N) is 4. The van der Waals surface area contributed by atoms with Crippen LogP contribution in [-0.4, -0.2) is 73.4 Å². The number of rotatable bonds is 8. The van der Waals surface area contributed by atoms with Gasteiger partial charge in [0.05, 0.1) is 13.3 Å². The van der Waals surface area contributed by atoms with Gasteiger partial charge in [-0.15, -0.1) is 0 Å². The first kappa shape index (κ1) is 21.7. The lowest BCUT2D eigenvalue weighted by atomic mass is 10.1. The second kappa shape index (κ2) is 9.23. The Kier molecular flexibility index (Phi) is 6.92. The number of carbonyl (C=O) groups is 1. The SMILES string of the molecule is COC(=O)c1cn(COCC[Si](C)(C)C)c2ncc(OC3CCN(C)CC3)nc12. The minimum absolute atomic E-state index is 0.117.